The lowest BCUT2D eigenvalue weighted by atomic mass is 10.1. The van der Waals surface area contributed by atoms with Crippen molar-refractivity contribution in [2.75, 3.05) is 0 Å². The number of aromatic nitrogens is 2. The lowest BCUT2D eigenvalue weighted by Crippen LogP contribution is -2.26. The van der Waals surface area contributed by atoms with Crippen molar-refractivity contribution in [2.24, 2.45) is 0 Å². The molecule has 1 aromatic carbocycles. The minimum atomic E-state index is -0.524. The Bertz CT molecular complexity index is 637. The Hall–Kier alpha value is -1.81. The predicted molar refractivity (Wildman–Crippen MR) is 82.9 cm³/mol. The van der Waals surface area contributed by atoms with Gasteiger partial charge in [0.15, 0.2) is 11.9 Å². The summed E-state index contributed by atoms with van der Waals surface area (Å²) in [5.41, 5.74) is 1.84. The molecule has 0 aliphatic carbocycles. The molecular formula is C16H19ClN2O2. The van der Waals surface area contributed by atoms with Crippen molar-refractivity contribution < 1.29 is 9.53 Å². The molecule has 2 rings (SSSR count). The Labute approximate surface area is 129 Å². The number of ketones is 1. The molecule has 0 aliphatic heterocycles. The standard InChI is InChI=1S/C16H19ClN2O2/c1-4-19-14(8-11(2)18-19)10-16(20)12(3)21-15-7-5-6-13(17)9-15/h5-9,12H,4,10H2,1-3H3. The Kier molecular flexibility index (Phi) is 5.02. The summed E-state index contributed by atoms with van der Waals surface area (Å²) < 4.78 is 7.49. The fourth-order valence-corrected chi connectivity index (χ4v) is 2.33. The van der Waals surface area contributed by atoms with E-state index >= 15 is 0 Å². The smallest absolute Gasteiger partial charge is 0.178 e. The lowest BCUT2D eigenvalue weighted by Gasteiger charge is -2.14. The van der Waals surface area contributed by atoms with Crippen LogP contribution in [0, 0.1) is 6.92 Å². The van der Waals surface area contributed by atoms with Gasteiger partial charge in [0.25, 0.3) is 0 Å². The van der Waals surface area contributed by atoms with E-state index in [-0.39, 0.29) is 5.78 Å². The average Bonchev–Trinajstić information content (AvgIpc) is 2.78. The van der Waals surface area contributed by atoms with Crippen LogP contribution in [0.1, 0.15) is 25.2 Å². The molecule has 0 bridgehead atoms. The molecule has 2 aromatic rings. The van der Waals surface area contributed by atoms with Gasteiger partial charge in [-0.15, -0.1) is 0 Å². The molecule has 1 aromatic heterocycles. The monoisotopic (exact) mass is 306 g/mol. The second-order valence-corrected chi connectivity index (χ2v) is 5.39. The number of carbonyl (C=O) groups excluding carboxylic acids is 1. The van der Waals surface area contributed by atoms with Crippen molar-refractivity contribution >= 4 is 17.4 Å². The molecule has 21 heavy (non-hydrogen) atoms. The van der Waals surface area contributed by atoms with Crippen LogP contribution in [0.2, 0.25) is 5.02 Å². The third-order valence-corrected chi connectivity index (χ3v) is 3.44. The molecule has 0 saturated heterocycles. The first kappa shape index (κ1) is 15.6. The van der Waals surface area contributed by atoms with Gasteiger partial charge < -0.3 is 4.74 Å². The molecule has 0 amide bonds. The van der Waals surface area contributed by atoms with Crippen molar-refractivity contribution in [2.45, 2.75) is 39.8 Å². The highest BCUT2D eigenvalue weighted by Gasteiger charge is 2.18. The van der Waals surface area contributed by atoms with E-state index in [0.717, 1.165) is 17.9 Å². The molecule has 0 radical (unpaired) electrons. The summed E-state index contributed by atoms with van der Waals surface area (Å²) in [5.74, 6) is 0.619. The fourth-order valence-electron chi connectivity index (χ4n) is 2.15. The van der Waals surface area contributed by atoms with E-state index in [2.05, 4.69) is 5.10 Å². The first-order chi connectivity index (χ1) is 9.99. The van der Waals surface area contributed by atoms with E-state index in [1.165, 1.54) is 0 Å². The Balaban J connectivity index is 2.02. The SMILES string of the molecule is CCn1nc(C)cc1CC(=O)C(C)Oc1cccc(Cl)c1. The number of carbonyl (C=O) groups is 1. The van der Waals surface area contributed by atoms with Crippen LogP contribution in [0.25, 0.3) is 0 Å². The van der Waals surface area contributed by atoms with Crippen LogP contribution in [0.3, 0.4) is 0 Å². The summed E-state index contributed by atoms with van der Waals surface area (Å²) in [5, 5.41) is 4.93. The number of nitrogens with zero attached hydrogens (tertiary/aromatic N) is 2. The summed E-state index contributed by atoms with van der Waals surface area (Å²) in [6.45, 7) is 6.43. The van der Waals surface area contributed by atoms with Crippen molar-refractivity contribution in [3.05, 3.63) is 46.7 Å². The zero-order valence-electron chi connectivity index (χ0n) is 12.5. The highest BCUT2D eigenvalue weighted by molar-refractivity contribution is 6.30. The number of ether oxygens (including phenoxy) is 1. The van der Waals surface area contributed by atoms with Crippen molar-refractivity contribution in [3.63, 3.8) is 0 Å². The molecule has 1 heterocycles. The number of halogens is 1. The Morgan fingerprint density at radius 2 is 2.19 bits per heavy atom. The minimum absolute atomic E-state index is 0.0181. The lowest BCUT2D eigenvalue weighted by molar-refractivity contribution is -0.124. The van der Waals surface area contributed by atoms with Gasteiger partial charge in [-0.3, -0.25) is 9.48 Å². The summed E-state index contributed by atoms with van der Waals surface area (Å²) >= 11 is 5.90. The molecule has 0 saturated carbocycles. The van der Waals surface area contributed by atoms with Gasteiger partial charge in [-0.25, -0.2) is 0 Å². The second-order valence-electron chi connectivity index (χ2n) is 4.95. The van der Waals surface area contributed by atoms with Gasteiger partial charge in [0.05, 0.1) is 12.1 Å². The summed E-state index contributed by atoms with van der Waals surface area (Å²) in [7, 11) is 0. The van der Waals surface area contributed by atoms with Crippen LogP contribution in [0.15, 0.2) is 30.3 Å². The summed E-state index contributed by atoms with van der Waals surface area (Å²) in [6, 6.07) is 8.99. The number of Topliss-reactive ketones (excluding diaryl/α,β-unsaturated/α-hetero) is 1. The Morgan fingerprint density at radius 1 is 1.43 bits per heavy atom. The third kappa shape index (κ3) is 4.08. The third-order valence-electron chi connectivity index (χ3n) is 3.20. The van der Waals surface area contributed by atoms with Gasteiger partial charge in [0, 0.05) is 17.3 Å². The second kappa shape index (κ2) is 6.76. The van der Waals surface area contributed by atoms with E-state index in [1.807, 2.05) is 24.6 Å². The molecule has 5 heteroatoms. The van der Waals surface area contributed by atoms with Crippen LogP contribution >= 0.6 is 11.6 Å². The maximum atomic E-state index is 12.3. The normalized spacial score (nSPS) is 12.2. The number of rotatable bonds is 6. The molecule has 1 atom stereocenters. The van der Waals surface area contributed by atoms with Gasteiger partial charge in [-0.2, -0.15) is 5.10 Å². The summed E-state index contributed by atoms with van der Waals surface area (Å²) in [6.07, 6.45) is -0.208. The van der Waals surface area contributed by atoms with Crippen molar-refractivity contribution in [1.29, 1.82) is 0 Å². The zero-order valence-corrected chi connectivity index (χ0v) is 13.2. The number of benzene rings is 1. The van der Waals surface area contributed by atoms with Crippen LogP contribution < -0.4 is 4.74 Å². The maximum absolute atomic E-state index is 12.3. The minimum Gasteiger partial charge on any atom is -0.483 e. The predicted octanol–water partition coefficient (Wildman–Crippen LogP) is 3.44. The van der Waals surface area contributed by atoms with Crippen LogP contribution in [-0.4, -0.2) is 21.7 Å². The first-order valence-electron chi connectivity index (χ1n) is 6.98. The quantitative estimate of drug-likeness (QED) is 0.821. The molecule has 0 aliphatic rings. The molecule has 0 N–H and O–H groups in total. The van der Waals surface area contributed by atoms with Gasteiger partial charge in [0.1, 0.15) is 5.75 Å². The molecule has 0 fully saturated rings. The van der Waals surface area contributed by atoms with Crippen molar-refractivity contribution in [1.82, 2.24) is 9.78 Å². The molecule has 1 unspecified atom stereocenters. The highest BCUT2D eigenvalue weighted by atomic mass is 35.5. The van der Waals surface area contributed by atoms with E-state index in [0.29, 0.717) is 17.2 Å². The highest BCUT2D eigenvalue weighted by Crippen LogP contribution is 2.19. The van der Waals surface area contributed by atoms with Gasteiger partial charge in [-0.1, -0.05) is 17.7 Å². The zero-order chi connectivity index (χ0) is 15.4. The number of hydrogen-bond donors (Lipinski definition) is 0. The maximum Gasteiger partial charge on any atom is 0.178 e. The topological polar surface area (TPSA) is 44.1 Å². The molecule has 4 nitrogen and oxygen atoms in total. The molecule has 112 valence electrons. The van der Waals surface area contributed by atoms with Crippen LogP contribution in [0.4, 0.5) is 0 Å². The van der Waals surface area contributed by atoms with Gasteiger partial charge in [-0.05, 0) is 45.0 Å². The number of aryl methyl sites for hydroxylation is 2. The van der Waals surface area contributed by atoms with Crippen molar-refractivity contribution in [3.8, 4) is 5.75 Å². The summed E-state index contributed by atoms with van der Waals surface area (Å²) in [4.78, 5) is 12.3. The fraction of sp³-hybridized carbons (Fsp3) is 0.375. The van der Waals surface area contributed by atoms with Gasteiger partial charge >= 0.3 is 0 Å². The number of hydrogen-bond acceptors (Lipinski definition) is 3. The Morgan fingerprint density at radius 3 is 2.86 bits per heavy atom. The average molecular weight is 307 g/mol. The molecular weight excluding hydrogens is 288 g/mol. The van der Waals surface area contributed by atoms with Crippen LogP contribution in [-0.2, 0) is 17.8 Å². The van der Waals surface area contributed by atoms with E-state index in [9.17, 15) is 4.79 Å². The van der Waals surface area contributed by atoms with E-state index in [4.69, 9.17) is 16.3 Å². The van der Waals surface area contributed by atoms with E-state index < -0.39 is 6.10 Å². The van der Waals surface area contributed by atoms with E-state index in [1.54, 1.807) is 31.2 Å². The molecule has 0 spiro atoms. The first-order valence-corrected chi connectivity index (χ1v) is 7.35. The van der Waals surface area contributed by atoms with Crippen LogP contribution in [0.5, 0.6) is 5.75 Å². The van der Waals surface area contributed by atoms with Gasteiger partial charge in [0.2, 0.25) is 0 Å². The largest absolute Gasteiger partial charge is 0.483 e.